The lowest BCUT2D eigenvalue weighted by molar-refractivity contribution is -0.145. The molecule has 4 heteroatoms. The number of ether oxygens (including phenoxy) is 1. The normalized spacial score (nSPS) is 18.2. The van der Waals surface area contributed by atoms with Gasteiger partial charge < -0.3 is 4.74 Å². The molecule has 0 spiro atoms. The van der Waals surface area contributed by atoms with Crippen molar-refractivity contribution in [2.75, 3.05) is 6.61 Å². The molecule has 1 aliphatic carbocycles. The SMILES string of the molecule is CCOC1(C(=O)Cc2c(Cl)cccc2Cl)CCCCCC1. The van der Waals surface area contributed by atoms with E-state index in [-0.39, 0.29) is 12.2 Å². The van der Waals surface area contributed by atoms with Crippen molar-refractivity contribution in [1.82, 2.24) is 0 Å². The summed E-state index contributed by atoms with van der Waals surface area (Å²) < 4.78 is 5.93. The highest BCUT2D eigenvalue weighted by atomic mass is 35.5. The van der Waals surface area contributed by atoms with E-state index < -0.39 is 5.60 Å². The van der Waals surface area contributed by atoms with Gasteiger partial charge in [0, 0.05) is 23.1 Å². The Kier molecular flexibility index (Phi) is 6.09. The zero-order chi connectivity index (χ0) is 15.3. The first kappa shape index (κ1) is 16.8. The third-order valence-corrected chi connectivity index (χ3v) is 4.95. The highest BCUT2D eigenvalue weighted by Crippen LogP contribution is 2.34. The molecule has 0 aromatic heterocycles. The number of hydrogen-bond acceptors (Lipinski definition) is 2. The molecule has 2 rings (SSSR count). The second kappa shape index (κ2) is 7.62. The van der Waals surface area contributed by atoms with Crippen LogP contribution in [0.4, 0.5) is 0 Å². The van der Waals surface area contributed by atoms with E-state index >= 15 is 0 Å². The molecule has 0 aliphatic heterocycles. The Labute approximate surface area is 136 Å². The van der Waals surface area contributed by atoms with Gasteiger partial charge in [-0.3, -0.25) is 4.79 Å². The molecule has 1 aromatic carbocycles. The molecule has 0 unspecified atom stereocenters. The van der Waals surface area contributed by atoms with Gasteiger partial charge in [-0.05, 0) is 37.5 Å². The van der Waals surface area contributed by atoms with Gasteiger partial charge in [-0.2, -0.15) is 0 Å². The monoisotopic (exact) mass is 328 g/mol. The topological polar surface area (TPSA) is 26.3 Å². The lowest BCUT2D eigenvalue weighted by Gasteiger charge is -2.31. The van der Waals surface area contributed by atoms with Crippen LogP contribution < -0.4 is 0 Å². The fourth-order valence-corrected chi connectivity index (χ4v) is 3.63. The maximum Gasteiger partial charge on any atom is 0.169 e. The number of hydrogen-bond donors (Lipinski definition) is 0. The Morgan fingerprint density at radius 3 is 2.24 bits per heavy atom. The summed E-state index contributed by atoms with van der Waals surface area (Å²) >= 11 is 12.4. The van der Waals surface area contributed by atoms with Crippen LogP contribution in [-0.2, 0) is 16.0 Å². The predicted octanol–water partition coefficient (Wildman–Crippen LogP) is 5.23. The quantitative estimate of drug-likeness (QED) is 0.691. The molecule has 0 radical (unpaired) electrons. The van der Waals surface area contributed by atoms with Gasteiger partial charge in [0.05, 0.1) is 0 Å². The molecule has 0 heterocycles. The highest BCUT2D eigenvalue weighted by molar-refractivity contribution is 6.36. The number of Topliss-reactive ketones (excluding diaryl/α,β-unsaturated/α-hetero) is 1. The molecule has 0 amide bonds. The van der Waals surface area contributed by atoms with Crippen molar-refractivity contribution in [2.24, 2.45) is 0 Å². The number of halogens is 2. The Balaban J connectivity index is 2.22. The van der Waals surface area contributed by atoms with Gasteiger partial charge in [0.2, 0.25) is 0 Å². The highest BCUT2D eigenvalue weighted by Gasteiger charge is 2.39. The van der Waals surface area contributed by atoms with Crippen molar-refractivity contribution in [3.8, 4) is 0 Å². The summed E-state index contributed by atoms with van der Waals surface area (Å²) in [5.41, 5.74) is 0.0717. The molecular weight excluding hydrogens is 307 g/mol. The summed E-state index contributed by atoms with van der Waals surface area (Å²) in [4.78, 5) is 12.9. The Morgan fingerprint density at radius 2 is 1.71 bits per heavy atom. The molecule has 21 heavy (non-hydrogen) atoms. The minimum atomic E-state index is -0.645. The van der Waals surface area contributed by atoms with Crippen LogP contribution in [0.3, 0.4) is 0 Å². The first-order chi connectivity index (χ1) is 10.1. The molecule has 0 bridgehead atoms. The molecule has 0 N–H and O–H groups in total. The molecule has 0 atom stereocenters. The lowest BCUT2D eigenvalue weighted by atomic mass is 9.86. The van der Waals surface area contributed by atoms with Crippen LogP contribution in [0.25, 0.3) is 0 Å². The van der Waals surface area contributed by atoms with Crippen molar-refractivity contribution in [3.63, 3.8) is 0 Å². The molecule has 1 aromatic rings. The van der Waals surface area contributed by atoms with Gasteiger partial charge in [-0.15, -0.1) is 0 Å². The summed E-state index contributed by atoms with van der Waals surface area (Å²) in [6.07, 6.45) is 6.30. The zero-order valence-electron chi connectivity index (χ0n) is 12.5. The summed E-state index contributed by atoms with van der Waals surface area (Å²) in [6, 6.07) is 5.34. The van der Waals surface area contributed by atoms with Crippen LogP contribution in [0.15, 0.2) is 18.2 Å². The standard InChI is InChI=1S/C17H22Cl2O2/c1-2-21-17(10-5-3-4-6-11-17)16(20)12-13-14(18)8-7-9-15(13)19/h7-9H,2-6,10-12H2,1H3. The van der Waals surface area contributed by atoms with E-state index in [2.05, 4.69) is 0 Å². The molecule has 1 fully saturated rings. The fraction of sp³-hybridized carbons (Fsp3) is 0.588. The van der Waals surface area contributed by atoms with Crippen LogP contribution in [0.5, 0.6) is 0 Å². The number of benzene rings is 1. The maximum atomic E-state index is 12.9. The van der Waals surface area contributed by atoms with Crippen molar-refractivity contribution in [2.45, 2.75) is 57.5 Å². The summed E-state index contributed by atoms with van der Waals surface area (Å²) in [5, 5.41) is 1.10. The van der Waals surface area contributed by atoms with Gasteiger partial charge in [-0.1, -0.05) is 55.0 Å². The second-order valence-electron chi connectivity index (χ2n) is 5.64. The van der Waals surface area contributed by atoms with Crippen LogP contribution in [0.2, 0.25) is 10.0 Å². The summed E-state index contributed by atoms with van der Waals surface area (Å²) in [6.45, 7) is 2.50. The Bertz CT molecular complexity index is 471. The number of ketones is 1. The van der Waals surface area contributed by atoms with Gasteiger partial charge >= 0.3 is 0 Å². The van der Waals surface area contributed by atoms with Crippen LogP contribution in [0, 0.1) is 0 Å². The van der Waals surface area contributed by atoms with Crippen LogP contribution in [0.1, 0.15) is 51.0 Å². The largest absolute Gasteiger partial charge is 0.367 e. The van der Waals surface area contributed by atoms with Crippen LogP contribution >= 0.6 is 23.2 Å². The van der Waals surface area contributed by atoms with Gasteiger partial charge in [0.1, 0.15) is 5.60 Å². The van der Waals surface area contributed by atoms with E-state index in [1.807, 2.05) is 6.92 Å². The van der Waals surface area contributed by atoms with E-state index in [1.54, 1.807) is 18.2 Å². The van der Waals surface area contributed by atoms with Crippen molar-refractivity contribution in [1.29, 1.82) is 0 Å². The van der Waals surface area contributed by atoms with Crippen LogP contribution in [-0.4, -0.2) is 18.0 Å². The molecular formula is C17H22Cl2O2. The van der Waals surface area contributed by atoms with E-state index in [0.29, 0.717) is 22.2 Å². The predicted molar refractivity (Wildman–Crippen MR) is 87.2 cm³/mol. The average Bonchev–Trinajstić information content (AvgIpc) is 2.70. The molecule has 0 saturated heterocycles. The average molecular weight is 329 g/mol. The first-order valence-electron chi connectivity index (χ1n) is 7.69. The molecule has 1 aliphatic rings. The van der Waals surface area contributed by atoms with E-state index in [4.69, 9.17) is 27.9 Å². The lowest BCUT2D eigenvalue weighted by Crippen LogP contribution is -2.42. The van der Waals surface area contributed by atoms with E-state index in [9.17, 15) is 4.79 Å². The first-order valence-corrected chi connectivity index (χ1v) is 8.45. The van der Waals surface area contributed by atoms with Crippen molar-refractivity contribution >= 4 is 29.0 Å². The molecule has 2 nitrogen and oxygen atoms in total. The fourth-order valence-electron chi connectivity index (χ4n) is 3.10. The molecule has 116 valence electrons. The van der Waals surface area contributed by atoms with E-state index in [1.165, 1.54) is 12.8 Å². The Morgan fingerprint density at radius 1 is 1.14 bits per heavy atom. The Hall–Kier alpha value is -0.570. The second-order valence-corrected chi connectivity index (χ2v) is 6.46. The van der Waals surface area contributed by atoms with Gasteiger partial charge in [0.25, 0.3) is 0 Å². The van der Waals surface area contributed by atoms with Gasteiger partial charge in [0.15, 0.2) is 5.78 Å². The number of carbonyl (C=O) groups excluding carboxylic acids is 1. The van der Waals surface area contributed by atoms with Gasteiger partial charge in [-0.25, -0.2) is 0 Å². The molecule has 1 saturated carbocycles. The van der Waals surface area contributed by atoms with E-state index in [0.717, 1.165) is 25.7 Å². The third-order valence-electron chi connectivity index (χ3n) is 4.24. The summed E-state index contributed by atoms with van der Waals surface area (Å²) in [5.74, 6) is 0.112. The zero-order valence-corrected chi connectivity index (χ0v) is 14.0. The number of carbonyl (C=O) groups is 1. The van der Waals surface area contributed by atoms with Crippen molar-refractivity contribution < 1.29 is 9.53 Å². The minimum Gasteiger partial charge on any atom is -0.367 e. The number of rotatable bonds is 5. The minimum absolute atomic E-state index is 0.112. The maximum absolute atomic E-state index is 12.9. The smallest absolute Gasteiger partial charge is 0.169 e. The summed E-state index contributed by atoms with van der Waals surface area (Å²) in [7, 11) is 0. The third kappa shape index (κ3) is 4.00. The van der Waals surface area contributed by atoms with Crippen molar-refractivity contribution in [3.05, 3.63) is 33.8 Å².